The molecule has 0 bridgehead atoms. The molecule has 2 heterocycles. The van der Waals surface area contributed by atoms with Gasteiger partial charge in [-0.05, 0) is 6.07 Å². The van der Waals surface area contributed by atoms with Gasteiger partial charge < -0.3 is 20.3 Å². The molecule has 0 radical (unpaired) electrons. The van der Waals surface area contributed by atoms with Gasteiger partial charge in [0.1, 0.15) is 5.69 Å². The fourth-order valence-corrected chi connectivity index (χ4v) is 2.96. The molecular formula is C13H20N4O2S. The molecule has 1 fully saturated rings. The van der Waals surface area contributed by atoms with Crippen LogP contribution in [0.5, 0.6) is 5.88 Å². The first-order valence-corrected chi connectivity index (χ1v) is 7.61. The van der Waals surface area contributed by atoms with Crippen molar-refractivity contribution >= 4 is 29.0 Å². The van der Waals surface area contributed by atoms with Crippen molar-refractivity contribution in [1.29, 1.82) is 0 Å². The number of nitrogens with one attached hydrogen (secondary N) is 2. The van der Waals surface area contributed by atoms with Gasteiger partial charge in [-0.15, -0.1) is 0 Å². The quantitative estimate of drug-likeness (QED) is 0.857. The van der Waals surface area contributed by atoms with Crippen LogP contribution in [0.1, 0.15) is 0 Å². The molecule has 1 saturated heterocycles. The minimum atomic E-state index is -0.173. The number of carbonyl (C=O) groups excluding carboxylic acids is 1. The van der Waals surface area contributed by atoms with E-state index in [-0.39, 0.29) is 11.9 Å². The molecule has 1 aromatic heterocycles. The molecule has 1 aliphatic heterocycles. The number of thioether (sulfide) groups is 1. The van der Waals surface area contributed by atoms with Crippen LogP contribution in [-0.4, -0.2) is 56.2 Å². The summed E-state index contributed by atoms with van der Waals surface area (Å²) < 4.78 is 5.25. The van der Waals surface area contributed by atoms with E-state index in [4.69, 9.17) is 4.74 Å². The molecule has 0 aromatic carbocycles. The number of pyridine rings is 1. The Kier molecular flexibility index (Phi) is 5.08. The van der Waals surface area contributed by atoms with Crippen molar-refractivity contribution in [3.05, 3.63) is 12.3 Å². The van der Waals surface area contributed by atoms with Crippen molar-refractivity contribution in [2.24, 2.45) is 0 Å². The zero-order valence-electron chi connectivity index (χ0n) is 12.0. The predicted octanol–water partition coefficient (Wildman–Crippen LogP) is 0.800. The predicted molar refractivity (Wildman–Crippen MR) is 82.9 cm³/mol. The zero-order chi connectivity index (χ0) is 14.5. The van der Waals surface area contributed by atoms with Crippen LogP contribution in [0.4, 0.5) is 11.4 Å². The second-order valence-corrected chi connectivity index (χ2v) is 5.83. The Hall–Kier alpha value is -1.47. The van der Waals surface area contributed by atoms with Crippen LogP contribution in [0.25, 0.3) is 0 Å². The van der Waals surface area contributed by atoms with E-state index >= 15 is 0 Å². The Labute approximate surface area is 123 Å². The van der Waals surface area contributed by atoms with Gasteiger partial charge in [0.25, 0.3) is 0 Å². The summed E-state index contributed by atoms with van der Waals surface area (Å²) in [6.07, 6.45) is 1.67. The van der Waals surface area contributed by atoms with Crippen molar-refractivity contribution < 1.29 is 9.53 Å². The number of rotatable bonds is 4. The van der Waals surface area contributed by atoms with E-state index in [2.05, 4.69) is 15.6 Å². The number of nitrogens with zero attached hydrogens (tertiary/aromatic N) is 2. The number of anilines is 2. The Bertz CT molecular complexity index is 475. The van der Waals surface area contributed by atoms with Gasteiger partial charge >= 0.3 is 0 Å². The van der Waals surface area contributed by atoms with E-state index in [1.807, 2.05) is 25.1 Å². The highest BCUT2D eigenvalue weighted by Crippen LogP contribution is 2.32. The van der Waals surface area contributed by atoms with Crippen molar-refractivity contribution in [3.8, 4) is 5.88 Å². The summed E-state index contributed by atoms with van der Waals surface area (Å²) in [6, 6.07) is 1.68. The lowest BCUT2D eigenvalue weighted by Gasteiger charge is -2.24. The monoisotopic (exact) mass is 296 g/mol. The van der Waals surface area contributed by atoms with Crippen LogP contribution in [0.3, 0.4) is 0 Å². The summed E-state index contributed by atoms with van der Waals surface area (Å²) >= 11 is 1.78. The molecule has 7 heteroatoms. The Morgan fingerprint density at radius 1 is 1.60 bits per heavy atom. The lowest BCUT2D eigenvalue weighted by atomic mass is 10.2. The maximum Gasteiger partial charge on any atom is 0.242 e. The first-order valence-electron chi connectivity index (χ1n) is 6.45. The number of methoxy groups -OCH3 is 1. The average molecular weight is 296 g/mol. The van der Waals surface area contributed by atoms with Crippen LogP contribution in [0, 0.1) is 0 Å². The molecule has 1 aromatic rings. The molecule has 2 rings (SSSR count). The second kappa shape index (κ2) is 6.81. The van der Waals surface area contributed by atoms with Crippen LogP contribution < -0.4 is 20.3 Å². The smallest absolute Gasteiger partial charge is 0.242 e. The summed E-state index contributed by atoms with van der Waals surface area (Å²) in [5.41, 5.74) is 1.48. The van der Waals surface area contributed by atoms with Gasteiger partial charge in [0.2, 0.25) is 11.8 Å². The van der Waals surface area contributed by atoms with Crippen molar-refractivity contribution in [3.63, 3.8) is 0 Å². The lowest BCUT2D eigenvalue weighted by Crippen LogP contribution is -2.46. The van der Waals surface area contributed by atoms with Crippen LogP contribution in [0.2, 0.25) is 0 Å². The third-order valence-electron chi connectivity index (χ3n) is 3.06. The van der Waals surface area contributed by atoms with E-state index in [0.29, 0.717) is 11.6 Å². The number of hydrogen-bond acceptors (Lipinski definition) is 6. The molecule has 0 spiro atoms. The summed E-state index contributed by atoms with van der Waals surface area (Å²) in [6.45, 7) is 0.855. The first kappa shape index (κ1) is 14.9. The highest BCUT2D eigenvalue weighted by molar-refractivity contribution is 7.99. The molecule has 20 heavy (non-hydrogen) atoms. The minimum Gasteiger partial charge on any atom is -0.479 e. The molecule has 1 amide bonds. The standard InChI is InChI=1S/C13H20N4O2S/c1-17(2)10-4-5-15-13(19-3)11(10)16-12(18)9-8-20-7-6-14-9/h4-5,9,14H,6-8H2,1-3H3,(H,16,18). The van der Waals surface area contributed by atoms with E-state index in [0.717, 1.165) is 23.7 Å². The van der Waals surface area contributed by atoms with E-state index in [1.54, 1.807) is 25.1 Å². The third kappa shape index (κ3) is 3.34. The lowest BCUT2D eigenvalue weighted by molar-refractivity contribution is -0.117. The molecule has 110 valence electrons. The summed E-state index contributed by atoms with van der Waals surface area (Å²) in [5.74, 6) is 2.20. The number of aromatic nitrogens is 1. The molecule has 1 unspecified atom stereocenters. The molecular weight excluding hydrogens is 276 g/mol. The number of ether oxygens (including phenoxy) is 1. The van der Waals surface area contributed by atoms with Crippen LogP contribution in [-0.2, 0) is 4.79 Å². The van der Waals surface area contributed by atoms with E-state index in [9.17, 15) is 4.79 Å². The summed E-state index contributed by atoms with van der Waals surface area (Å²) in [4.78, 5) is 18.4. The first-order chi connectivity index (χ1) is 9.63. The van der Waals surface area contributed by atoms with Crippen molar-refractivity contribution in [1.82, 2.24) is 10.3 Å². The Morgan fingerprint density at radius 3 is 3.00 bits per heavy atom. The van der Waals surface area contributed by atoms with Gasteiger partial charge in [0.15, 0.2) is 0 Å². The average Bonchev–Trinajstić information content (AvgIpc) is 2.48. The number of carbonyl (C=O) groups is 1. The number of hydrogen-bond donors (Lipinski definition) is 2. The van der Waals surface area contributed by atoms with Crippen molar-refractivity contribution in [2.45, 2.75) is 6.04 Å². The zero-order valence-corrected chi connectivity index (χ0v) is 12.8. The minimum absolute atomic E-state index is 0.0494. The topological polar surface area (TPSA) is 66.5 Å². The maximum absolute atomic E-state index is 12.3. The fourth-order valence-electron chi connectivity index (χ4n) is 2.02. The van der Waals surface area contributed by atoms with Crippen LogP contribution in [0.15, 0.2) is 12.3 Å². The van der Waals surface area contributed by atoms with E-state index in [1.165, 1.54) is 0 Å². The van der Waals surface area contributed by atoms with Gasteiger partial charge in [0, 0.05) is 38.3 Å². The normalized spacial score (nSPS) is 18.4. The third-order valence-corrected chi connectivity index (χ3v) is 4.12. The molecule has 1 atom stereocenters. The SMILES string of the molecule is COc1nccc(N(C)C)c1NC(=O)C1CSCCN1. The largest absolute Gasteiger partial charge is 0.479 e. The molecule has 6 nitrogen and oxygen atoms in total. The van der Waals surface area contributed by atoms with Crippen LogP contribution >= 0.6 is 11.8 Å². The molecule has 0 aliphatic carbocycles. The van der Waals surface area contributed by atoms with Gasteiger partial charge in [-0.1, -0.05) is 0 Å². The molecule has 0 saturated carbocycles. The summed E-state index contributed by atoms with van der Waals surface area (Å²) in [7, 11) is 5.38. The second-order valence-electron chi connectivity index (χ2n) is 4.68. The number of amides is 1. The van der Waals surface area contributed by atoms with Crippen molar-refractivity contribution in [2.75, 3.05) is 49.5 Å². The van der Waals surface area contributed by atoms with Gasteiger partial charge in [-0.2, -0.15) is 11.8 Å². The van der Waals surface area contributed by atoms with Gasteiger partial charge in [0.05, 0.1) is 18.8 Å². The molecule has 1 aliphatic rings. The Balaban J connectivity index is 2.20. The van der Waals surface area contributed by atoms with Gasteiger partial charge in [-0.25, -0.2) is 4.98 Å². The van der Waals surface area contributed by atoms with Gasteiger partial charge in [-0.3, -0.25) is 4.79 Å². The molecule has 2 N–H and O–H groups in total. The Morgan fingerprint density at radius 2 is 2.40 bits per heavy atom. The highest BCUT2D eigenvalue weighted by Gasteiger charge is 2.23. The summed E-state index contributed by atoms with van der Waals surface area (Å²) in [5, 5.41) is 6.15. The van der Waals surface area contributed by atoms with E-state index < -0.39 is 0 Å². The fraction of sp³-hybridized carbons (Fsp3) is 0.538. The highest BCUT2D eigenvalue weighted by atomic mass is 32.2. The maximum atomic E-state index is 12.3.